The maximum absolute atomic E-state index is 12.7. The van der Waals surface area contributed by atoms with E-state index in [1.807, 2.05) is 31.3 Å². The highest BCUT2D eigenvalue weighted by Gasteiger charge is 2.35. The number of fused-ring (bicyclic) bond motifs is 1. The van der Waals surface area contributed by atoms with E-state index in [0.717, 1.165) is 17.9 Å². The number of carboxylic acid groups (broad SMARTS) is 1. The van der Waals surface area contributed by atoms with Gasteiger partial charge < -0.3 is 14.9 Å². The monoisotopic (exact) mass is 289 g/mol. The molecule has 0 aromatic heterocycles. The molecule has 0 spiro atoms. The molecule has 2 amide bonds. The quantitative estimate of drug-likeness (QED) is 0.850. The Labute approximate surface area is 123 Å². The highest BCUT2D eigenvalue weighted by atomic mass is 16.4. The third-order valence-corrected chi connectivity index (χ3v) is 4.28. The third-order valence-electron chi connectivity index (χ3n) is 4.28. The Balaban J connectivity index is 1.80. The summed E-state index contributed by atoms with van der Waals surface area (Å²) in [5, 5.41) is 9.06. The van der Waals surface area contributed by atoms with Gasteiger partial charge in [-0.3, -0.25) is 9.69 Å². The minimum atomic E-state index is -0.816. The average Bonchev–Trinajstić information content (AvgIpc) is 2.97. The fraction of sp³-hybridized carbons (Fsp3) is 0.467. The van der Waals surface area contributed by atoms with Crippen molar-refractivity contribution in [3.8, 4) is 0 Å². The molecule has 0 saturated carbocycles. The molecule has 21 heavy (non-hydrogen) atoms. The Morgan fingerprint density at radius 1 is 1.14 bits per heavy atom. The van der Waals surface area contributed by atoms with Crippen LogP contribution in [0.5, 0.6) is 0 Å². The number of rotatable bonds is 1. The van der Waals surface area contributed by atoms with Crippen LogP contribution in [-0.4, -0.2) is 55.2 Å². The molecule has 2 aliphatic heterocycles. The molecule has 2 heterocycles. The Morgan fingerprint density at radius 3 is 2.52 bits per heavy atom. The number of nitrogens with zero attached hydrogens (tertiary/aromatic N) is 3. The van der Waals surface area contributed by atoms with E-state index in [0.29, 0.717) is 26.1 Å². The van der Waals surface area contributed by atoms with Gasteiger partial charge in [0.15, 0.2) is 0 Å². The van der Waals surface area contributed by atoms with Crippen LogP contribution in [0.2, 0.25) is 0 Å². The van der Waals surface area contributed by atoms with Crippen molar-refractivity contribution in [3.63, 3.8) is 0 Å². The summed E-state index contributed by atoms with van der Waals surface area (Å²) in [5.74, 6) is -1.25. The molecule has 6 heteroatoms. The fourth-order valence-electron chi connectivity index (χ4n) is 3.01. The number of likely N-dealkylation sites (tertiary alicyclic amines) is 1. The third kappa shape index (κ3) is 2.41. The summed E-state index contributed by atoms with van der Waals surface area (Å²) in [7, 11) is 2.01. The molecule has 1 saturated heterocycles. The zero-order chi connectivity index (χ0) is 15.0. The van der Waals surface area contributed by atoms with Crippen molar-refractivity contribution in [2.45, 2.75) is 6.42 Å². The molecule has 1 fully saturated rings. The van der Waals surface area contributed by atoms with Gasteiger partial charge in [0.05, 0.1) is 17.3 Å². The predicted octanol–water partition coefficient (Wildman–Crippen LogP) is 1.47. The first-order valence-electron chi connectivity index (χ1n) is 7.17. The molecule has 1 N–H and O–H groups in total. The molecule has 0 radical (unpaired) electrons. The van der Waals surface area contributed by atoms with Gasteiger partial charge in [0, 0.05) is 33.2 Å². The first kappa shape index (κ1) is 13.7. The maximum Gasteiger partial charge on any atom is 0.324 e. The van der Waals surface area contributed by atoms with Gasteiger partial charge in [0.2, 0.25) is 0 Å². The second-order valence-corrected chi connectivity index (χ2v) is 5.61. The topological polar surface area (TPSA) is 64.1 Å². The summed E-state index contributed by atoms with van der Waals surface area (Å²) in [4.78, 5) is 29.3. The van der Waals surface area contributed by atoms with Crippen molar-refractivity contribution in [1.29, 1.82) is 0 Å². The Bertz CT molecular complexity index is 575. The van der Waals surface area contributed by atoms with Crippen molar-refractivity contribution in [2.24, 2.45) is 5.92 Å². The fourth-order valence-corrected chi connectivity index (χ4v) is 3.01. The van der Waals surface area contributed by atoms with Crippen molar-refractivity contribution >= 4 is 23.4 Å². The van der Waals surface area contributed by atoms with Gasteiger partial charge in [0.1, 0.15) is 0 Å². The second-order valence-electron chi connectivity index (χ2n) is 5.61. The van der Waals surface area contributed by atoms with Gasteiger partial charge in [-0.1, -0.05) is 12.1 Å². The van der Waals surface area contributed by atoms with Crippen LogP contribution in [0.1, 0.15) is 6.42 Å². The van der Waals surface area contributed by atoms with E-state index >= 15 is 0 Å². The molecule has 112 valence electrons. The van der Waals surface area contributed by atoms with Crippen LogP contribution < -0.4 is 9.80 Å². The van der Waals surface area contributed by atoms with Crippen LogP contribution in [0.3, 0.4) is 0 Å². The summed E-state index contributed by atoms with van der Waals surface area (Å²) in [6.45, 7) is 2.23. The van der Waals surface area contributed by atoms with Crippen LogP contribution >= 0.6 is 0 Å². The highest BCUT2D eigenvalue weighted by molar-refractivity contribution is 5.97. The number of carbonyl (C=O) groups excluding carboxylic acids is 1. The number of para-hydroxylation sites is 2. The van der Waals surface area contributed by atoms with E-state index in [2.05, 4.69) is 4.90 Å². The molecule has 1 aromatic rings. The zero-order valence-electron chi connectivity index (χ0n) is 12.0. The standard InChI is InChI=1S/C15H19N3O3/c1-16-8-9-18(13-5-3-2-4-12(13)16)15(21)17-7-6-11(10-17)14(19)20/h2-5,11H,6-10H2,1H3,(H,19,20). The number of hydrogen-bond donors (Lipinski definition) is 1. The van der Waals surface area contributed by atoms with E-state index in [1.165, 1.54) is 0 Å². The summed E-state index contributed by atoms with van der Waals surface area (Å²) < 4.78 is 0. The average molecular weight is 289 g/mol. The van der Waals surface area contributed by atoms with Crippen LogP contribution in [-0.2, 0) is 4.79 Å². The number of benzene rings is 1. The van der Waals surface area contributed by atoms with Gasteiger partial charge in [-0.05, 0) is 18.6 Å². The molecule has 0 bridgehead atoms. The van der Waals surface area contributed by atoms with E-state index < -0.39 is 11.9 Å². The van der Waals surface area contributed by atoms with E-state index in [1.54, 1.807) is 9.80 Å². The van der Waals surface area contributed by atoms with Crippen LogP contribution in [0.4, 0.5) is 16.2 Å². The van der Waals surface area contributed by atoms with Gasteiger partial charge in [-0.2, -0.15) is 0 Å². The largest absolute Gasteiger partial charge is 0.481 e. The number of aliphatic carboxylic acids is 1. The van der Waals surface area contributed by atoms with Gasteiger partial charge in [-0.25, -0.2) is 4.79 Å². The summed E-state index contributed by atoms with van der Waals surface area (Å²) in [6, 6.07) is 7.73. The number of carboxylic acids is 1. The lowest BCUT2D eigenvalue weighted by Crippen LogP contribution is -2.48. The molecule has 1 aromatic carbocycles. The lowest BCUT2D eigenvalue weighted by atomic mass is 10.1. The molecule has 3 rings (SSSR count). The Hall–Kier alpha value is -2.24. The minimum absolute atomic E-state index is 0.0840. The molecule has 2 aliphatic rings. The predicted molar refractivity (Wildman–Crippen MR) is 79.8 cm³/mol. The van der Waals surface area contributed by atoms with Crippen molar-refractivity contribution in [2.75, 3.05) is 43.0 Å². The first-order chi connectivity index (χ1) is 10.1. The van der Waals surface area contributed by atoms with Gasteiger partial charge in [0.25, 0.3) is 0 Å². The van der Waals surface area contributed by atoms with Crippen LogP contribution in [0, 0.1) is 5.92 Å². The van der Waals surface area contributed by atoms with Gasteiger partial charge >= 0.3 is 12.0 Å². The second kappa shape index (κ2) is 5.27. The van der Waals surface area contributed by atoms with Crippen LogP contribution in [0.15, 0.2) is 24.3 Å². The molecule has 0 aliphatic carbocycles. The normalized spacial score (nSPS) is 21.4. The van der Waals surface area contributed by atoms with E-state index in [-0.39, 0.29) is 6.03 Å². The zero-order valence-corrected chi connectivity index (χ0v) is 12.0. The molecule has 6 nitrogen and oxygen atoms in total. The van der Waals surface area contributed by atoms with Crippen molar-refractivity contribution < 1.29 is 14.7 Å². The molecular weight excluding hydrogens is 270 g/mol. The number of urea groups is 1. The summed E-state index contributed by atoms with van der Waals surface area (Å²) >= 11 is 0. The van der Waals surface area contributed by atoms with Crippen molar-refractivity contribution in [3.05, 3.63) is 24.3 Å². The summed E-state index contributed by atoms with van der Waals surface area (Å²) in [5.41, 5.74) is 1.93. The number of hydrogen-bond acceptors (Lipinski definition) is 3. The smallest absolute Gasteiger partial charge is 0.324 e. The Morgan fingerprint density at radius 2 is 1.86 bits per heavy atom. The Kier molecular flexibility index (Phi) is 3.45. The lowest BCUT2D eigenvalue weighted by Gasteiger charge is -2.37. The SMILES string of the molecule is CN1CCN(C(=O)N2CCC(C(=O)O)C2)c2ccccc21. The summed E-state index contributed by atoms with van der Waals surface area (Å²) in [6.07, 6.45) is 0.538. The van der Waals surface area contributed by atoms with Crippen molar-refractivity contribution in [1.82, 2.24) is 4.90 Å². The molecular formula is C15H19N3O3. The number of anilines is 2. The minimum Gasteiger partial charge on any atom is -0.481 e. The van der Waals surface area contributed by atoms with Gasteiger partial charge in [-0.15, -0.1) is 0 Å². The maximum atomic E-state index is 12.7. The number of likely N-dealkylation sites (N-methyl/N-ethyl adjacent to an activating group) is 1. The number of amides is 2. The van der Waals surface area contributed by atoms with E-state index in [4.69, 9.17) is 5.11 Å². The number of carbonyl (C=O) groups is 2. The highest BCUT2D eigenvalue weighted by Crippen LogP contribution is 2.33. The van der Waals surface area contributed by atoms with E-state index in [9.17, 15) is 9.59 Å². The first-order valence-corrected chi connectivity index (χ1v) is 7.17. The molecule has 1 atom stereocenters. The molecule has 1 unspecified atom stereocenters. The lowest BCUT2D eigenvalue weighted by molar-refractivity contribution is -0.141. The van der Waals surface area contributed by atoms with Crippen LogP contribution in [0.25, 0.3) is 0 Å².